The summed E-state index contributed by atoms with van der Waals surface area (Å²) in [4.78, 5) is 15.4. The molecular formula is C22H26N6. The summed E-state index contributed by atoms with van der Waals surface area (Å²) < 4.78 is 0. The van der Waals surface area contributed by atoms with E-state index in [2.05, 4.69) is 55.5 Å². The average Bonchev–Trinajstić information content (AvgIpc) is 2.73. The zero-order chi connectivity index (χ0) is 19.3. The molecule has 1 aliphatic heterocycles. The lowest BCUT2D eigenvalue weighted by molar-refractivity contribution is 0.402. The van der Waals surface area contributed by atoms with Gasteiger partial charge >= 0.3 is 0 Å². The number of nitrogen functional groups attached to an aromatic ring is 1. The van der Waals surface area contributed by atoms with E-state index in [1.54, 1.807) is 6.33 Å². The molecule has 1 aromatic carbocycles. The Hall–Kier alpha value is -3.15. The summed E-state index contributed by atoms with van der Waals surface area (Å²) in [5.74, 6) is 2.84. The highest BCUT2D eigenvalue weighted by Crippen LogP contribution is 2.31. The minimum Gasteiger partial charge on any atom is -0.393 e. The summed E-state index contributed by atoms with van der Waals surface area (Å²) >= 11 is 0. The van der Waals surface area contributed by atoms with Gasteiger partial charge in [0.2, 0.25) is 0 Å². The van der Waals surface area contributed by atoms with E-state index in [1.807, 2.05) is 25.3 Å². The van der Waals surface area contributed by atoms with Crippen LogP contribution in [0.4, 0.5) is 23.1 Å². The molecule has 1 aliphatic rings. The van der Waals surface area contributed by atoms with Crippen molar-refractivity contribution in [2.75, 3.05) is 29.0 Å². The number of benzene rings is 1. The molecule has 3 N–H and O–H groups in total. The van der Waals surface area contributed by atoms with Crippen molar-refractivity contribution in [1.29, 1.82) is 0 Å². The van der Waals surface area contributed by atoms with Crippen molar-refractivity contribution in [3.05, 3.63) is 66.1 Å². The number of nitrogens with two attached hydrogens (primary N) is 1. The Balaban J connectivity index is 1.41. The monoisotopic (exact) mass is 374 g/mol. The minimum absolute atomic E-state index is 0.575. The van der Waals surface area contributed by atoms with Gasteiger partial charge in [0.05, 0.1) is 0 Å². The highest BCUT2D eigenvalue weighted by Gasteiger charge is 2.23. The smallest absolute Gasteiger partial charge is 0.160 e. The number of aryl methyl sites for hydroxylation is 1. The highest BCUT2D eigenvalue weighted by molar-refractivity contribution is 5.77. The maximum atomic E-state index is 6.39. The van der Waals surface area contributed by atoms with Gasteiger partial charge in [-0.25, -0.2) is 15.0 Å². The first-order valence-electron chi connectivity index (χ1n) is 9.78. The van der Waals surface area contributed by atoms with Crippen molar-refractivity contribution in [3.8, 4) is 0 Å². The molecule has 0 spiro atoms. The summed E-state index contributed by atoms with van der Waals surface area (Å²) in [6.45, 7) is 3.93. The molecule has 3 aromatic rings. The molecule has 2 aromatic heterocycles. The quantitative estimate of drug-likeness (QED) is 0.703. The first-order valence-corrected chi connectivity index (χ1v) is 9.78. The van der Waals surface area contributed by atoms with Crippen LogP contribution < -0.4 is 16.0 Å². The van der Waals surface area contributed by atoms with Crippen LogP contribution in [0.2, 0.25) is 0 Å². The predicted molar refractivity (Wildman–Crippen MR) is 114 cm³/mol. The standard InChI is InChI=1S/C22H26N6/c1-16-7-8-19(24-14-16)27-21-20(23)22(26-15-25-21)28-11-9-18(10-12-28)13-17-5-3-2-4-6-17/h2-8,14-15,18H,9-13,23H2,1H3,(H,24,25,26,27). The molecule has 28 heavy (non-hydrogen) atoms. The highest BCUT2D eigenvalue weighted by atomic mass is 15.2. The van der Waals surface area contributed by atoms with E-state index in [0.29, 0.717) is 17.4 Å². The molecule has 1 fully saturated rings. The third-order valence-corrected chi connectivity index (χ3v) is 5.30. The fourth-order valence-electron chi connectivity index (χ4n) is 3.70. The number of anilines is 4. The molecular weight excluding hydrogens is 348 g/mol. The molecule has 0 aliphatic carbocycles. The van der Waals surface area contributed by atoms with Crippen molar-refractivity contribution in [2.24, 2.45) is 5.92 Å². The van der Waals surface area contributed by atoms with E-state index in [-0.39, 0.29) is 0 Å². The molecule has 6 heteroatoms. The first-order chi connectivity index (χ1) is 13.7. The molecule has 3 heterocycles. The van der Waals surface area contributed by atoms with Crippen LogP contribution in [0.3, 0.4) is 0 Å². The summed E-state index contributed by atoms with van der Waals surface area (Å²) in [5.41, 5.74) is 9.50. The van der Waals surface area contributed by atoms with E-state index in [9.17, 15) is 0 Å². The number of nitrogens with zero attached hydrogens (tertiary/aromatic N) is 4. The molecule has 0 unspecified atom stereocenters. The van der Waals surface area contributed by atoms with Gasteiger partial charge in [-0.1, -0.05) is 36.4 Å². The zero-order valence-electron chi connectivity index (χ0n) is 16.2. The van der Waals surface area contributed by atoms with Crippen LogP contribution in [0, 0.1) is 12.8 Å². The summed E-state index contributed by atoms with van der Waals surface area (Å²) in [7, 11) is 0. The van der Waals surface area contributed by atoms with Gasteiger partial charge in [-0.3, -0.25) is 0 Å². The van der Waals surface area contributed by atoms with Crippen LogP contribution in [-0.4, -0.2) is 28.0 Å². The maximum Gasteiger partial charge on any atom is 0.160 e. The molecule has 1 saturated heterocycles. The number of rotatable bonds is 5. The molecule has 0 atom stereocenters. The largest absolute Gasteiger partial charge is 0.393 e. The molecule has 0 radical (unpaired) electrons. The van der Waals surface area contributed by atoms with Crippen molar-refractivity contribution >= 4 is 23.1 Å². The van der Waals surface area contributed by atoms with Gasteiger partial charge < -0.3 is 16.0 Å². The number of nitrogens with one attached hydrogen (secondary N) is 1. The van der Waals surface area contributed by atoms with Crippen molar-refractivity contribution in [1.82, 2.24) is 15.0 Å². The van der Waals surface area contributed by atoms with Gasteiger partial charge in [0, 0.05) is 19.3 Å². The van der Waals surface area contributed by atoms with Gasteiger partial charge in [0.15, 0.2) is 11.6 Å². The topological polar surface area (TPSA) is 80.0 Å². The fraction of sp³-hybridized carbons (Fsp3) is 0.318. The fourth-order valence-corrected chi connectivity index (χ4v) is 3.70. The lowest BCUT2D eigenvalue weighted by Gasteiger charge is -2.33. The van der Waals surface area contributed by atoms with Crippen LogP contribution in [0.5, 0.6) is 0 Å². The molecule has 0 bridgehead atoms. The van der Waals surface area contributed by atoms with E-state index in [4.69, 9.17) is 5.73 Å². The summed E-state index contributed by atoms with van der Waals surface area (Å²) in [5, 5.41) is 3.21. The Morgan fingerprint density at radius 3 is 2.54 bits per heavy atom. The van der Waals surface area contributed by atoms with E-state index >= 15 is 0 Å². The van der Waals surface area contributed by atoms with Crippen LogP contribution in [0.25, 0.3) is 0 Å². The maximum absolute atomic E-state index is 6.39. The third-order valence-electron chi connectivity index (χ3n) is 5.30. The lowest BCUT2D eigenvalue weighted by Crippen LogP contribution is -2.35. The van der Waals surface area contributed by atoms with Gasteiger partial charge in [0.1, 0.15) is 17.8 Å². The van der Waals surface area contributed by atoms with E-state index < -0.39 is 0 Å². The number of hydrogen-bond acceptors (Lipinski definition) is 6. The Labute approximate surface area is 165 Å². The second kappa shape index (κ2) is 8.25. The number of hydrogen-bond donors (Lipinski definition) is 2. The zero-order valence-corrected chi connectivity index (χ0v) is 16.2. The second-order valence-electron chi connectivity index (χ2n) is 7.43. The van der Waals surface area contributed by atoms with Crippen LogP contribution in [-0.2, 0) is 6.42 Å². The summed E-state index contributed by atoms with van der Waals surface area (Å²) in [6, 6.07) is 14.7. The van der Waals surface area contributed by atoms with E-state index in [1.165, 1.54) is 5.56 Å². The SMILES string of the molecule is Cc1ccc(Nc2ncnc(N3CCC(Cc4ccccc4)CC3)c2N)nc1. The van der Waals surface area contributed by atoms with Crippen molar-refractivity contribution < 1.29 is 0 Å². The number of piperidine rings is 1. The van der Waals surface area contributed by atoms with Crippen LogP contribution in [0.1, 0.15) is 24.0 Å². The first kappa shape index (κ1) is 18.2. The molecule has 144 valence electrons. The molecule has 0 saturated carbocycles. The van der Waals surface area contributed by atoms with Crippen LogP contribution >= 0.6 is 0 Å². The third kappa shape index (κ3) is 4.22. The molecule has 0 amide bonds. The second-order valence-corrected chi connectivity index (χ2v) is 7.43. The van der Waals surface area contributed by atoms with Gasteiger partial charge in [-0.2, -0.15) is 0 Å². The number of aromatic nitrogens is 3. The Morgan fingerprint density at radius 1 is 1.04 bits per heavy atom. The number of pyridine rings is 1. The van der Waals surface area contributed by atoms with Gasteiger partial charge in [-0.15, -0.1) is 0 Å². The summed E-state index contributed by atoms with van der Waals surface area (Å²) in [6.07, 6.45) is 6.80. The average molecular weight is 374 g/mol. The van der Waals surface area contributed by atoms with E-state index in [0.717, 1.165) is 49.6 Å². The van der Waals surface area contributed by atoms with Crippen molar-refractivity contribution in [3.63, 3.8) is 0 Å². The molecule has 6 nitrogen and oxygen atoms in total. The Bertz CT molecular complexity index is 902. The minimum atomic E-state index is 0.575. The van der Waals surface area contributed by atoms with Gasteiger partial charge in [-0.05, 0) is 49.3 Å². The van der Waals surface area contributed by atoms with Gasteiger partial charge in [0.25, 0.3) is 0 Å². The van der Waals surface area contributed by atoms with Crippen molar-refractivity contribution in [2.45, 2.75) is 26.2 Å². The Morgan fingerprint density at radius 2 is 1.82 bits per heavy atom. The normalized spacial score (nSPS) is 14.8. The predicted octanol–water partition coefficient (Wildman–Crippen LogP) is 3.96. The van der Waals surface area contributed by atoms with Crippen LogP contribution in [0.15, 0.2) is 55.0 Å². The Kier molecular flexibility index (Phi) is 5.37. The lowest BCUT2D eigenvalue weighted by atomic mass is 9.90. The molecule has 4 rings (SSSR count).